The van der Waals surface area contributed by atoms with Crippen molar-refractivity contribution in [1.29, 1.82) is 10.5 Å². The van der Waals surface area contributed by atoms with Crippen LogP contribution in [0.5, 0.6) is 0 Å². The Morgan fingerprint density at radius 1 is 1.00 bits per heavy atom. The van der Waals surface area contributed by atoms with Gasteiger partial charge in [0, 0.05) is 6.54 Å². The molecule has 0 unspecified atom stereocenters. The third kappa shape index (κ3) is 3.67. The third-order valence-electron chi connectivity index (χ3n) is 3.28. The lowest BCUT2D eigenvalue weighted by Gasteiger charge is -2.10. The number of rotatable bonds is 5. The zero-order chi connectivity index (χ0) is 16.9. The molecule has 2 aromatic rings. The van der Waals surface area contributed by atoms with Crippen molar-refractivity contribution < 1.29 is 8.42 Å². The molecule has 0 aliphatic rings. The number of nitrogens with one attached hydrogen (secondary N) is 2. The van der Waals surface area contributed by atoms with Gasteiger partial charge in [0.2, 0.25) is 10.0 Å². The molecule has 2 aromatic carbocycles. The lowest BCUT2D eigenvalue weighted by Crippen LogP contribution is -2.18. The first-order valence-electron chi connectivity index (χ1n) is 6.71. The van der Waals surface area contributed by atoms with Crippen molar-refractivity contribution in [3.05, 3.63) is 59.2 Å². The van der Waals surface area contributed by atoms with Gasteiger partial charge in [0.05, 0.1) is 21.7 Å². The first-order chi connectivity index (χ1) is 11.0. The number of benzene rings is 2. The van der Waals surface area contributed by atoms with Crippen LogP contribution >= 0.6 is 0 Å². The molecule has 2 rings (SSSR count). The number of sulfonamides is 1. The lowest BCUT2D eigenvalue weighted by molar-refractivity contribution is 0.588. The molecule has 0 spiro atoms. The molecule has 0 amide bonds. The molecular formula is C16H14N4O2S. The molecule has 0 aliphatic carbocycles. The highest BCUT2D eigenvalue weighted by molar-refractivity contribution is 7.89. The van der Waals surface area contributed by atoms with Crippen LogP contribution in [-0.2, 0) is 16.6 Å². The minimum atomic E-state index is -3.46. The van der Waals surface area contributed by atoms with Gasteiger partial charge in [0.15, 0.2) is 0 Å². The van der Waals surface area contributed by atoms with Gasteiger partial charge in [0.25, 0.3) is 0 Å². The topological polar surface area (TPSA) is 106 Å². The summed E-state index contributed by atoms with van der Waals surface area (Å²) in [6.07, 6.45) is 0. The molecule has 0 saturated carbocycles. The highest BCUT2D eigenvalue weighted by Gasteiger charge is 2.11. The van der Waals surface area contributed by atoms with Crippen molar-refractivity contribution in [3.63, 3.8) is 0 Å². The molecule has 0 heterocycles. The maximum absolute atomic E-state index is 11.7. The molecule has 2 N–H and O–H groups in total. The highest BCUT2D eigenvalue weighted by Crippen LogP contribution is 2.21. The van der Waals surface area contributed by atoms with Crippen LogP contribution in [0.25, 0.3) is 0 Å². The van der Waals surface area contributed by atoms with Gasteiger partial charge in [-0.2, -0.15) is 10.5 Å². The van der Waals surface area contributed by atoms with Crippen molar-refractivity contribution in [2.45, 2.75) is 11.4 Å². The molecule has 116 valence electrons. The first kappa shape index (κ1) is 16.5. The van der Waals surface area contributed by atoms with E-state index in [2.05, 4.69) is 10.0 Å². The average Bonchev–Trinajstić information content (AvgIpc) is 2.59. The van der Waals surface area contributed by atoms with Crippen LogP contribution in [-0.4, -0.2) is 15.5 Å². The molecular weight excluding hydrogens is 312 g/mol. The Kier molecular flexibility index (Phi) is 4.97. The Morgan fingerprint density at radius 2 is 1.57 bits per heavy atom. The third-order valence-corrected chi connectivity index (χ3v) is 4.71. The summed E-state index contributed by atoms with van der Waals surface area (Å²) in [5.41, 5.74) is 2.08. The summed E-state index contributed by atoms with van der Waals surface area (Å²) in [5, 5.41) is 21.3. The van der Waals surface area contributed by atoms with Crippen molar-refractivity contribution in [2.75, 3.05) is 12.4 Å². The SMILES string of the molecule is CNS(=O)(=O)c1ccc(CNc2c(C#N)cccc2C#N)cc1. The predicted octanol–water partition coefficient (Wildman–Crippen LogP) is 1.95. The summed E-state index contributed by atoms with van der Waals surface area (Å²) in [4.78, 5) is 0.180. The summed E-state index contributed by atoms with van der Waals surface area (Å²) in [6, 6.07) is 15.4. The number of anilines is 1. The fourth-order valence-corrected chi connectivity index (χ4v) is 2.75. The van der Waals surface area contributed by atoms with Crippen LogP contribution in [0.1, 0.15) is 16.7 Å². The molecule has 0 aromatic heterocycles. The molecule has 23 heavy (non-hydrogen) atoms. The Morgan fingerprint density at radius 3 is 2.04 bits per heavy atom. The lowest BCUT2D eigenvalue weighted by atomic mass is 10.1. The van der Waals surface area contributed by atoms with Gasteiger partial charge in [-0.3, -0.25) is 0 Å². The second kappa shape index (κ2) is 6.93. The van der Waals surface area contributed by atoms with Crippen molar-refractivity contribution in [2.24, 2.45) is 0 Å². The Labute approximate surface area is 135 Å². The minimum Gasteiger partial charge on any atom is -0.379 e. The zero-order valence-corrected chi connectivity index (χ0v) is 13.2. The molecule has 0 saturated heterocycles. The molecule has 0 radical (unpaired) electrons. The monoisotopic (exact) mass is 326 g/mol. The van der Waals surface area contributed by atoms with Crippen molar-refractivity contribution >= 4 is 15.7 Å². The molecule has 6 nitrogen and oxygen atoms in total. The summed E-state index contributed by atoms with van der Waals surface area (Å²) < 4.78 is 25.6. The Balaban J connectivity index is 2.20. The van der Waals surface area contributed by atoms with Gasteiger partial charge in [-0.1, -0.05) is 18.2 Å². The van der Waals surface area contributed by atoms with E-state index in [1.807, 2.05) is 12.1 Å². The summed E-state index contributed by atoms with van der Waals surface area (Å²) in [7, 11) is -2.11. The van der Waals surface area contributed by atoms with E-state index in [1.165, 1.54) is 19.2 Å². The number of hydrogen-bond donors (Lipinski definition) is 2. The van der Waals surface area contributed by atoms with Gasteiger partial charge in [-0.15, -0.1) is 0 Å². The van der Waals surface area contributed by atoms with Crippen LogP contribution in [0.2, 0.25) is 0 Å². The fraction of sp³-hybridized carbons (Fsp3) is 0.125. The average molecular weight is 326 g/mol. The standard InChI is InChI=1S/C16H14N4O2S/c1-19-23(21,22)15-7-5-12(6-8-15)11-20-16-13(9-17)3-2-4-14(16)10-18/h2-8,19-20H,11H2,1H3. The van der Waals surface area contributed by atoms with E-state index in [4.69, 9.17) is 10.5 Å². The Bertz CT molecular complexity index is 859. The fourth-order valence-electron chi connectivity index (χ4n) is 2.02. The molecule has 7 heteroatoms. The summed E-state index contributed by atoms with van der Waals surface area (Å²) >= 11 is 0. The second-order valence-corrected chi connectivity index (χ2v) is 6.54. The van der Waals surface area contributed by atoms with Crippen LogP contribution < -0.4 is 10.0 Å². The largest absolute Gasteiger partial charge is 0.379 e. The normalized spacial score (nSPS) is 10.6. The van der Waals surface area contributed by atoms with E-state index in [0.29, 0.717) is 23.4 Å². The zero-order valence-electron chi connectivity index (χ0n) is 12.4. The van der Waals surface area contributed by atoms with E-state index < -0.39 is 10.0 Å². The molecule has 0 atom stereocenters. The van der Waals surface area contributed by atoms with Gasteiger partial charge in [-0.05, 0) is 36.9 Å². The van der Waals surface area contributed by atoms with Crippen LogP contribution in [0.3, 0.4) is 0 Å². The summed E-state index contributed by atoms with van der Waals surface area (Å²) in [6.45, 7) is 0.368. The minimum absolute atomic E-state index is 0.180. The highest BCUT2D eigenvalue weighted by atomic mass is 32.2. The first-order valence-corrected chi connectivity index (χ1v) is 8.19. The van der Waals surface area contributed by atoms with E-state index in [9.17, 15) is 8.42 Å². The molecule has 0 bridgehead atoms. The van der Waals surface area contributed by atoms with Gasteiger partial charge in [0.1, 0.15) is 12.1 Å². The number of nitriles is 2. The van der Waals surface area contributed by atoms with E-state index in [-0.39, 0.29) is 4.90 Å². The smallest absolute Gasteiger partial charge is 0.240 e. The van der Waals surface area contributed by atoms with Gasteiger partial charge >= 0.3 is 0 Å². The molecule has 0 aliphatic heterocycles. The van der Waals surface area contributed by atoms with Crippen LogP contribution in [0.15, 0.2) is 47.4 Å². The maximum Gasteiger partial charge on any atom is 0.240 e. The second-order valence-electron chi connectivity index (χ2n) is 4.66. The number of nitrogens with zero attached hydrogens (tertiary/aromatic N) is 2. The van der Waals surface area contributed by atoms with Gasteiger partial charge in [-0.25, -0.2) is 13.1 Å². The Hall–Kier alpha value is -2.87. The van der Waals surface area contributed by atoms with Crippen LogP contribution in [0.4, 0.5) is 5.69 Å². The van der Waals surface area contributed by atoms with E-state index >= 15 is 0 Å². The van der Waals surface area contributed by atoms with E-state index in [1.54, 1.807) is 30.3 Å². The van der Waals surface area contributed by atoms with Crippen LogP contribution in [0, 0.1) is 22.7 Å². The van der Waals surface area contributed by atoms with Crippen molar-refractivity contribution in [1.82, 2.24) is 4.72 Å². The maximum atomic E-state index is 11.7. The number of para-hydroxylation sites is 1. The van der Waals surface area contributed by atoms with Gasteiger partial charge < -0.3 is 5.32 Å². The van der Waals surface area contributed by atoms with E-state index in [0.717, 1.165) is 5.56 Å². The van der Waals surface area contributed by atoms with Crippen molar-refractivity contribution in [3.8, 4) is 12.1 Å². The summed E-state index contributed by atoms with van der Waals surface area (Å²) in [5.74, 6) is 0. The predicted molar refractivity (Wildman–Crippen MR) is 85.9 cm³/mol. The molecule has 0 fully saturated rings. The quantitative estimate of drug-likeness (QED) is 0.873. The number of hydrogen-bond acceptors (Lipinski definition) is 5.